The van der Waals surface area contributed by atoms with Gasteiger partial charge in [0.1, 0.15) is 11.5 Å². The largest absolute Gasteiger partial charge is 0.493 e. The summed E-state index contributed by atoms with van der Waals surface area (Å²) in [5, 5.41) is 8.71. The summed E-state index contributed by atoms with van der Waals surface area (Å²) in [5.41, 5.74) is 2.50. The Morgan fingerprint density at radius 3 is 2.44 bits per heavy atom. The number of benzene rings is 2. The first-order chi connectivity index (χ1) is 15.6. The van der Waals surface area contributed by atoms with Crippen molar-refractivity contribution in [2.45, 2.75) is 39.2 Å². The first-order valence-corrected chi connectivity index (χ1v) is 10.9. The number of furan rings is 1. The van der Waals surface area contributed by atoms with Gasteiger partial charge < -0.3 is 19.2 Å². The van der Waals surface area contributed by atoms with Crippen molar-refractivity contribution in [3.63, 3.8) is 0 Å². The minimum Gasteiger partial charge on any atom is -0.493 e. The average molecular weight is 436 g/mol. The lowest BCUT2D eigenvalue weighted by molar-refractivity contribution is -0.137. The number of para-hydroxylation sites is 1. The van der Waals surface area contributed by atoms with E-state index >= 15 is 0 Å². The molecule has 0 aliphatic carbocycles. The van der Waals surface area contributed by atoms with Crippen LogP contribution in [0, 0.1) is 0 Å². The highest BCUT2D eigenvalue weighted by molar-refractivity contribution is 5.94. The van der Waals surface area contributed by atoms with Crippen LogP contribution in [0.4, 0.5) is 0 Å². The number of carboxylic acid groups (broad SMARTS) is 1. The molecule has 0 bridgehead atoms. The lowest BCUT2D eigenvalue weighted by Gasteiger charge is -2.22. The predicted octanol–water partition coefficient (Wildman–Crippen LogP) is 5.63. The van der Waals surface area contributed by atoms with Gasteiger partial charge in [0.2, 0.25) is 0 Å². The summed E-state index contributed by atoms with van der Waals surface area (Å²) in [6, 6.07) is 18.9. The maximum absolute atomic E-state index is 13.1. The number of unbranched alkanes of at least 4 members (excludes halogenated alkanes) is 2. The SMILES string of the molecule is CCN(Cc1ccccc1OCCCCCC(=O)O)C(=O)c1ccc(-c2ccco2)cc1. The number of carboxylic acids is 1. The van der Waals surface area contributed by atoms with E-state index in [4.69, 9.17) is 14.3 Å². The van der Waals surface area contributed by atoms with E-state index in [2.05, 4.69) is 0 Å². The number of carbonyl (C=O) groups is 2. The Morgan fingerprint density at radius 2 is 1.75 bits per heavy atom. The summed E-state index contributed by atoms with van der Waals surface area (Å²) in [6.07, 6.45) is 4.06. The van der Waals surface area contributed by atoms with Gasteiger partial charge in [-0.3, -0.25) is 9.59 Å². The molecule has 6 nitrogen and oxygen atoms in total. The molecule has 3 rings (SSSR count). The second-order valence-corrected chi connectivity index (χ2v) is 7.53. The molecule has 1 N–H and O–H groups in total. The highest BCUT2D eigenvalue weighted by atomic mass is 16.5. The van der Waals surface area contributed by atoms with Crippen molar-refractivity contribution in [1.29, 1.82) is 0 Å². The number of hydrogen-bond acceptors (Lipinski definition) is 4. The van der Waals surface area contributed by atoms with Crippen LogP contribution in [0.25, 0.3) is 11.3 Å². The molecule has 1 aromatic heterocycles. The van der Waals surface area contributed by atoms with Crippen LogP contribution in [0.2, 0.25) is 0 Å². The van der Waals surface area contributed by atoms with E-state index in [0.29, 0.717) is 31.7 Å². The molecule has 0 spiro atoms. The molecule has 3 aromatic rings. The van der Waals surface area contributed by atoms with Crippen molar-refractivity contribution in [3.8, 4) is 17.1 Å². The molecule has 6 heteroatoms. The molecule has 0 radical (unpaired) electrons. The second-order valence-electron chi connectivity index (χ2n) is 7.53. The Kier molecular flexibility index (Phi) is 8.49. The van der Waals surface area contributed by atoms with Gasteiger partial charge in [0.25, 0.3) is 5.91 Å². The first kappa shape index (κ1) is 23.1. The quantitative estimate of drug-likeness (QED) is 0.373. The minimum absolute atomic E-state index is 0.0398. The van der Waals surface area contributed by atoms with Crippen LogP contribution < -0.4 is 4.74 Å². The maximum atomic E-state index is 13.1. The second kappa shape index (κ2) is 11.7. The number of ether oxygens (including phenoxy) is 1. The Bertz CT molecular complexity index is 995. The Balaban J connectivity index is 1.60. The number of hydrogen-bond donors (Lipinski definition) is 1. The van der Waals surface area contributed by atoms with Gasteiger partial charge in [0.15, 0.2) is 0 Å². The third-order valence-electron chi connectivity index (χ3n) is 5.23. The predicted molar refractivity (Wildman–Crippen MR) is 123 cm³/mol. The van der Waals surface area contributed by atoms with Crippen LogP contribution in [-0.4, -0.2) is 35.0 Å². The molecular weight excluding hydrogens is 406 g/mol. The topological polar surface area (TPSA) is 80.0 Å². The third-order valence-corrected chi connectivity index (χ3v) is 5.23. The van der Waals surface area contributed by atoms with E-state index in [0.717, 1.165) is 35.5 Å². The lowest BCUT2D eigenvalue weighted by atomic mass is 10.1. The van der Waals surface area contributed by atoms with Crippen LogP contribution in [0.3, 0.4) is 0 Å². The van der Waals surface area contributed by atoms with Crippen LogP contribution in [0.15, 0.2) is 71.3 Å². The molecule has 2 aromatic carbocycles. The number of rotatable bonds is 12. The Morgan fingerprint density at radius 1 is 0.969 bits per heavy atom. The van der Waals surface area contributed by atoms with Gasteiger partial charge in [0.05, 0.1) is 12.9 Å². The molecule has 0 aliphatic rings. The molecular formula is C26H29NO5. The standard InChI is InChI=1S/C26H29NO5/c1-2-27(26(30)21-15-13-20(14-16-21)23-11-8-18-32-23)19-22-9-5-6-10-24(22)31-17-7-3-4-12-25(28)29/h5-6,8-11,13-16,18H,2-4,7,12,17,19H2,1H3,(H,28,29). The van der Waals surface area contributed by atoms with Gasteiger partial charge in [0, 0.05) is 36.2 Å². The molecule has 1 heterocycles. The highest BCUT2D eigenvalue weighted by Gasteiger charge is 2.17. The van der Waals surface area contributed by atoms with E-state index in [1.807, 2.05) is 67.6 Å². The monoisotopic (exact) mass is 435 g/mol. The zero-order valence-electron chi connectivity index (χ0n) is 18.3. The van der Waals surface area contributed by atoms with Gasteiger partial charge in [-0.1, -0.05) is 30.3 Å². The average Bonchev–Trinajstić information content (AvgIpc) is 3.35. The fourth-order valence-electron chi connectivity index (χ4n) is 3.45. The minimum atomic E-state index is -0.767. The van der Waals surface area contributed by atoms with E-state index in [-0.39, 0.29) is 12.3 Å². The maximum Gasteiger partial charge on any atom is 0.303 e. The van der Waals surface area contributed by atoms with Crippen LogP contribution in [0.1, 0.15) is 48.5 Å². The summed E-state index contributed by atoms with van der Waals surface area (Å²) in [6.45, 7) is 3.50. The van der Waals surface area contributed by atoms with Gasteiger partial charge >= 0.3 is 5.97 Å². The van der Waals surface area contributed by atoms with Gasteiger partial charge in [-0.05, 0) is 56.5 Å². The summed E-state index contributed by atoms with van der Waals surface area (Å²) in [4.78, 5) is 25.5. The van der Waals surface area contributed by atoms with Crippen molar-refractivity contribution in [3.05, 3.63) is 78.1 Å². The van der Waals surface area contributed by atoms with Crippen molar-refractivity contribution in [2.24, 2.45) is 0 Å². The lowest BCUT2D eigenvalue weighted by Crippen LogP contribution is -2.30. The van der Waals surface area contributed by atoms with Crippen molar-refractivity contribution in [2.75, 3.05) is 13.2 Å². The first-order valence-electron chi connectivity index (χ1n) is 10.9. The molecule has 0 saturated carbocycles. The molecule has 0 aliphatic heterocycles. The van der Waals surface area contributed by atoms with Crippen LogP contribution in [-0.2, 0) is 11.3 Å². The van der Waals surface area contributed by atoms with E-state index in [9.17, 15) is 9.59 Å². The summed E-state index contributed by atoms with van der Waals surface area (Å²) < 4.78 is 11.3. The zero-order valence-corrected chi connectivity index (χ0v) is 18.3. The molecule has 32 heavy (non-hydrogen) atoms. The number of carbonyl (C=O) groups excluding carboxylic acids is 1. The highest BCUT2D eigenvalue weighted by Crippen LogP contribution is 2.23. The number of amides is 1. The molecule has 168 valence electrons. The molecule has 0 unspecified atom stereocenters. The van der Waals surface area contributed by atoms with E-state index in [1.54, 1.807) is 11.2 Å². The zero-order chi connectivity index (χ0) is 22.8. The summed E-state index contributed by atoms with van der Waals surface area (Å²) in [7, 11) is 0. The summed E-state index contributed by atoms with van der Waals surface area (Å²) >= 11 is 0. The Labute approximate surface area is 188 Å². The summed E-state index contributed by atoms with van der Waals surface area (Å²) in [5.74, 6) is 0.716. The fraction of sp³-hybridized carbons (Fsp3) is 0.308. The van der Waals surface area contributed by atoms with Gasteiger partial charge in [-0.2, -0.15) is 0 Å². The fourth-order valence-corrected chi connectivity index (χ4v) is 3.45. The smallest absolute Gasteiger partial charge is 0.303 e. The van der Waals surface area contributed by atoms with Crippen molar-refractivity contribution >= 4 is 11.9 Å². The molecule has 1 amide bonds. The number of aliphatic carboxylic acids is 1. The number of nitrogens with zero attached hydrogens (tertiary/aromatic N) is 1. The van der Waals surface area contributed by atoms with Gasteiger partial charge in [-0.25, -0.2) is 0 Å². The van der Waals surface area contributed by atoms with E-state index < -0.39 is 5.97 Å². The van der Waals surface area contributed by atoms with Crippen LogP contribution in [0.5, 0.6) is 5.75 Å². The molecule has 0 atom stereocenters. The van der Waals surface area contributed by atoms with Crippen molar-refractivity contribution < 1.29 is 23.8 Å². The van der Waals surface area contributed by atoms with Crippen molar-refractivity contribution in [1.82, 2.24) is 4.90 Å². The molecule has 0 fully saturated rings. The van der Waals surface area contributed by atoms with Gasteiger partial charge in [-0.15, -0.1) is 0 Å². The normalized spacial score (nSPS) is 10.7. The van der Waals surface area contributed by atoms with Crippen LogP contribution >= 0.6 is 0 Å². The molecule has 0 saturated heterocycles. The van der Waals surface area contributed by atoms with E-state index in [1.165, 1.54) is 0 Å². The third kappa shape index (κ3) is 6.48. The Hall–Kier alpha value is -3.54.